The highest BCUT2D eigenvalue weighted by atomic mass is 35.5. The predicted octanol–water partition coefficient (Wildman–Crippen LogP) is 2.59. The molecule has 3 rings (SSSR count). The van der Waals surface area contributed by atoms with Gasteiger partial charge in [-0.3, -0.25) is 4.79 Å². The zero-order chi connectivity index (χ0) is 23.6. The summed E-state index contributed by atoms with van der Waals surface area (Å²) in [5.41, 5.74) is 12.3. The number of carbonyl (C=O) groups is 1. The number of rotatable bonds is 7. The Labute approximate surface area is 200 Å². The maximum absolute atomic E-state index is 15.1. The maximum Gasteiger partial charge on any atom is 0.228 e. The normalized spacial score (nSPS) is 17.2. The van der Waals surface area contributed by atoms with Crippen molar-refractivity contribution >= 4 is 41.0 Å². The van der Waals surface area contributed by atoms with Crippen LogP contribution in [0.15, 0.2) is 6.07 Å². The Bertz CT molecular complexity index is 992. The Balaban J connectivity index is 0.00000385. The summed E-state index contributed by atoms with van der Waals surface area (Å²) in [7, 11) is 2.79. The number of hydrogen-bond donors (Lipinski definition) is 2. The molecule has 1 saturated heterocycles. The van der Waals surface area contributed by atoms with Crippen LogP contribution in [-0.2, 0) is 4.79 Å². The molecule has 0 bridgehead atoms. The number of nitrogen functional groups attached to an aromatic ring is 1. The molecule has 1 aliphatic rings. The summed E-state index contributed by atoms with van der Waals surface area (Å²) >= 11 is 0. The van der Waals surface area contributed by atoms with E-state index in [1.165, 1.54) is 14.2 Å². The van der Waals surface area contributed by atoms with Crippen LogP contribution in [0.2, 0.25) is 0 Å². The maximum atomic E-state index is 15.1. The first-order chi connectivity index (χ1) is 15.2. The van der Waals surface area contributed by atoms with Crippen molar-refractivity contribution < 1.29 is 18.7 Å². The van der Waals surface area contributed by atoms with Gasteiger partial charge >= 0.3 is 0 Å². The first-order valence-corrected chi connectivity index (χ1v) is 10.8. The fourth-order valence-electron chi connectivity index (χ4n) is 4.19. The fourth-order valence-corrected chi connectivity index (χ4v) is 4.19. The molecule has 2 aromatic rings. The summed E-state index contributed by atoms with van der Waals surface area (Å²) in [4.78, 5) is 25.3. The van der Waals surface area contributed by atoms with Gasteiger partial charge in [0.05, 0.1) is 14.2 Å². The molecule has 33 heavy (non-hydrogen) atoms. The second kappa shape index (κ2) is 11.0. The number of piperazine rings is 1. The van der Waals surface area contributed by atoms with Crippen molar-refractivity contribution in [2.45, 2.75) is 45.7 Å². The lowest BCUT2D eigenvalue weighted by molar-refractivity contribution is -0.132. The zero-order valence-electron chi connectivity index (χ0n) is 19.8. The van der Waals surface area contributed by atoms with Crippen molar-refractivity contribution in [3.63, 3.8) is 0 Å². The minimum absolute atomic E-state index is 0. The molecule has 2 unspecified atom stereocenters. The van der Waals surface area contributed by atoms with Crippen molar-refractivity contribution in [2.24, 2.45) is 11.7 Å². The molecule has 0 radical (unpaired) electrons. The van der Waals surface area contributed by atoms with E-state index >= 15 is 4.39 Å². The van der Waals surface area contributed by atoms with Crippen LogP contribution in [-0.4, -0.2) is 66.7 Å². The third-order valence-corrected chi connectivity index (χ3v) is 5.74. The van der Waals surface area contributed by atoms with E-state index in [1.54, 1.807) is 6.07 Å². The molecule has 0 aliphatic carbocycles. The second-order valence-electron chi connectivity index (χ2n) is 8.71. The number of ether oxygens (including phenoxy) is 2. The van der Waals surface area contributed by atoms with Gasteiger partial charge in [-0.05, 0) is 25.3 Å². The first-order valence-electron chi connectivity index (χ1n) is 10.8. The van der Waals surface area contributed by atoms with Gasteiger partial charge in [0, 0.05) is 43.5 Å². The zero-order valence-corrected chi connectivity index (χ0v) is 20.6. The highest BCUT2D eigenvalue weighted by molar-refractivity contribution is 5.92. The van der Waals surface area contributed by atoms with Crippen LogP contribution < -0.4 is 25.8 Å². The van der Waals surface area contributed by atoms with Crippen LogP contribution >= 0.6 is 12.4 Å². The number of methoxy groups -OCH3 is 2. The van der Waals surface area contributed by atoms with Gasteiger partial charge in [0.15, 0.2) is 17.3 Å². The lowest BCUT2D eigenvalue weighted by atomic mass is 10.0. The molecule has 1 fully saturated rings. The van der Waals surface area contributed by atoms with Crippen LogP contribution in [0, 0.1) is 11.7 Å². The Hall–Kier alpha value is -2.59. The number of anilines is 2. The van der Waals surface area contributed by atoms with E-state index in [0.717, 1.165) is 6.42 Å². The van der Waals surface area contributed by atoms with E-state index in [1.807, 2.05) is 16.7 Å². The second-order valence-corrected chi connectivity index (χ2v) is 8.71. The van der Waals surface area contributed by atoms with E-state index in [0.29, 0.717) is 43.3 Å². The summed E-state index contributed by atoms with van der Waals surface area (Å²) in [6.45, 7) is 7.68. The average molecular weight is 485 g/mol. The van der Waals surface area contributed by atoms with Crippen LogP contribution in [0.25, 0.3) is 10.9 Å². The van der Waals surface area contributed by atoms with E-state index in [2.05, 4.69) is 23.8 Å². The first kappa shape index (κ1) is 26.7. The molecule has 1 amide bonds. The fraction of sp³-hybridized carbons (Fsp3) is 0.591. The summed E-state index contributed by atoms with van der Waals surface area (Å²) in [6.07, 6.45) is 1.14. The molecule has 2 atom stereocenters. The van der Waals surface area contributed by atoms with Gasteiger partial charge in [-0.15, -0.1) is 12.4 Å². The largest absolute Gasteiger partial charge is 0.493 e. The molecule has 2 heterocycles. The molecule has 1 aliphatic heterocycles. The van der Waals surface area contributed by atoms with Crippen molar-refractivity contribution in [1.29, 1.82) is 0 Å². The molecular weight excluding hydrogens is 451 g/mol. The standard InChI is InChI=1S/C22H33FN6O3.ClH/c1-12(2)8-14(24)9-17(30)28-6-7-29(13(3)11-28)22-26-19-15(21(25)27-22)10-16(31-4)20(32-5)18(19)23;/h10,12-14H,6-9,11,24H2,1-5H3,(H2,25,26,27);1H. The molecule has 4 N–H and O–H groups in total. The third kappa shape index (κ3) is 5.67. The molecule has 1 aromatic carbocycles. The van der Waals surface area contributed by atoms with Crippen LogP contribution in [0.3, 0.4) is 0 Å². The number of hydrogen-bond acceptors (Lipinski definition) is 8. The van der Waals surface area contributed by atoms with Crippen LogP contribution in [0.4, 0.5) is 16.2 Å². The summed E-state index contributed by atoms with van der Waals surface area (Å²) < 4.78 is 25.4. The number of fused-ring (bicyclic) bond motifs is 1. The average Bonchev–Trinajstić information content (AvgIpc) is 2.73. The van der Waals surface area contributed by atoms with Gasteiger partial charge < -0.3 is 30.7 Å². The molecule has 0 saturated carbocycles. The number of amides is 1. The number of halogens is 2. The number of aromatic nitrogens is 2. The van der Waals surface area contributed by atoms with E-state index < -0.39 is 5.82 Å². The topological polar surface area (TPSA) is 120 Å². The van der Waals surface area contributed by atoms with Gasteiger partial charge in [-0.1, -0.05) is 13.8 Å². The number of benzene rings is 1. The molecule has 184 valence electrons. The minimum Gasteiger partial charge on any atom is -0.493 e. The van der Waals surface area contributed by atoms with E-state index in [4.69, 9.17) is 20.9 Å². The van der Waals surface area contributed by atoms with Gasteiger partial charge in [-0.25, -0.2) is 9.37 Å². The van der Waals surface area contributed by atoms with Crippen molar-refractivity contribution in [3.05, 3.63) is 11.9 Å². The number of nitrogens with two attached hydrogens (primary N) is 2. The minimum atomic E-state index is -0.655. The summed E-state index contributed by atoms with van der Waals surface area (Å²) in [5.74, 6) is 0.488. The van der Waals surface area contributed by atoms with Gasteiger partial charge in [-0.2, -0.15) is 4.98 Å². The SMILES string of the molecule is COc1cc2c(N)nc(N3CCN(C(=O)CC(N)CC(C)C)CC3C)nc2c(F)c1OC.Cl. The smallest absolute Gasteiger partial charge is 0.228 e. The van der Waals surface area contributed by atoms with Crippen molar-refractivity contribution in [1.82, 2.24) is 14.9 Å². The molecule has 9 nitrogen and oxygen atoms in total. The van der Waals surface area contributed by atoms with Crippen LogP contribution in [0.1, 0.15) is 33.6 Å². The van der Waals surface area contributed by atoms with Crippen molar-refractivity contribution in [3.8, 4) is 11.5 Å². The van der Waals surface area contributed by atoms with E-state index in [-0.39, 0.29) is 53.2 Å². The van der Waals surface area contributed by atoms with Crippen LogP contribution in [0.5, 0.6) is 11.5 Å². The Morgan fingerprint density at radius 2 is 1.97 bits per heavy atom. The lowest BCUT2D eigenvalue weighted by Gasteiger charge is -2.40. The molecule has 1 aromatic heterocycles. The number of nitrogens with zero attached hydrogens (tertiary/aromatic N) is 4. The summed E-state index contributed by atoms with van der Waals surface area (Å²) in [6, 6.07) is 1.35. The lowest BCUT2D eigenvalue weighted by Crippen LogP contribution is -2.54. The third-order valence-electron chi connectivity index (χ3n) is 5.74. The predicted molar refractivity (Wildman–Crippen MR) is 130 cm³/mol. The van der Waals surface area contributed by atoms with Gasteiger partial charge in [0.1, 0.15) is 11.3 Å². The Morgan fingerprint density at radius 1 is 1.27 bits per heavy atom. The highest BCUT2D eigenvalue weighted by Crippen LogP contribution is 2.37. The van der Waals surface area contributed by atoms with E-state index in [9.17, 15) is 4.79 Å². The Morgan fingerprint density at radius 3 is 2.55 bits per heavy atom. The number of carbonyl (C=O) groups excluding carboxylic acids is 1. The van der Waals surface area contributed by atoms with Crippen molar-refractivity contribution in [2.75, 3.05) is 44.5 Å². The Kier molecular flexibility index (Phi) is 8.90. The molecule has 0 spiro atoms. The molecule has 11 heteroatoms. The highest BCUT2D eigenvalue weighted by Gasteiger charge is 2.30. The van der Waals surface area contributed by atoms with Gasteiger partial charge in [0.25, 0.3) is 0 Å². The molecular formula is C22H34ClFN6O3. The summed E-state index contributed by atoms with van der Waals surface area (Å²) in [5, 5.41) is 0.351. The monoisotopic (exact) mass is 484 g/mol. The van der Waals surface area contributed by atoms with Gasteiger partial charge in [0.2, 0.25) is 11.9 Å². The quantitative estimate of drug-likeness (QED) is 0.615.